The molecule has 0 amide bonds. The SMILES string of the molecule is COc1ccc(C(=O)C(=O)c2cccc(C(=O)O)c2)cc1. The van der Waals surface area contributed by atoms with Crippen LogP contribution < -0.4 is 4.74 Å². The summed E-state index contributed by atoms with van der Waals surface area (Å²) in [6, 6.07) is 11.5. The van der Waals surface area contributed by atoms with Gasteiger partial charge in [0, 0.05) is 11.1 Å². The Labute approximate surface area is 120 Å². The van der Waals surface area contributed by atoms with Crippen LogP contribution in [0.5, 0.6) is 5.75 Å². The first-order chi connectivity index (χ1) is 10.0. The molecule has 0 saturated heterocycles. The predicted molar refractivity (Wildman–Crippen MR) is 75.1 cm³/mol. The third kappa shape index (κ3) is 3.14. The van der Waals surface area contributed by atoms with Crippen molar-refractivity contribution in [2.24, 2.45) is 0 Å². The smallest absolute Gasteiger partial charge is 0.335 e. The number of hydrogen-bond donors (Lipinski definition) is 1. The molecule has 5 heteroatoms. The van der Waals surface area contributed by atoms with Crippen molar-refractivity contribution in [3.8, 4) is 5.75 Å². The van der Waals surface area contributed by atoms with Gasteiger partial charge in [-0.2, -0.15) is 0 Å². The summed E-state index contributed by atoms with van der Waals surface area (Å²) < 4.78 is 4.97. The highest BCUT2D eigenvalue weighted by atomic mass is 16.5. The number of hydrogen-bond acceptors (Lipinski definition) is 4. The predicted octanol–water partition coefficient (Wildman–Crippen LogP) is 2.46. The summed E-state index contributed by atoms with van der Waals surface area (Å²) in [5.74, 6) is -2.02. The molecule has 2 aromatic rings. The van der Waals surface area contributed by atoms with Crippen LogP contribution in [0.4, 0.5) is 0 Å². The third-order valence-electron chi connectivity index (χ3n) is 2.93. The maximum absolute atomic E-state index is 12.1. The lowest BCUT2D eigenvalue weighted by molar-refractivity contribution is 0.0696. The Morgan fingerprint density at radius 2 is 1.43 bits per heavy atom. The molecule has 0 fully saturated rings. The highest BCUT2D eigenvalue weighted by Crippen LogP contribution is 2.14. The highest BCUT2D eigenvalue weighted by Gasteiger charge is 2.19. The van der Waals surface area contributed by atoms with Crippen LogP contribution in [-0.4, -0.2) is 29.8 Å². The minimum Gasteiger partial charge on any atom is -0.497 e. The Morgan fingerprint density at radius 1 is 0.857 bits per heavy atom. The molecule has 0 radical (unpaired) electrons. The van der Waals surface area contributed by atoms with E-state index in [9.17, 15) is 14.4 Å². The first kappa shape index (κ1) is 14.5. The Kier molecular flexibility index (Phi) is 4.13. The van der Waals surface area contributed by atoms with Gasteiger partial charge in [0.1, 0.15) is 5.75 Å². The van der Waals surface area contributed by atoms with Crippen LogP contribution in [0.15, 0.2) is 48.5 Å². The molecule has 0 aliphatic rings. The van der Waals surface area contributed by atoms with E-state index >= 15 is 0 Å². The average Bonchev–Trinajstić information content (AvgIpc) is 2.53. The number of aromatic carboxylic acids is 1. The van der Waals surface area contributed by atoms with Gasteiger partial charge in [-0.15, -0.1) is 0 Å². The third-order valence-corrected chi connectivity index (χ3v) is 2.93. The number of ether oxygens (including phenoxy) is 1. The number of rotatable bonds is 5. The summed E-state index contributed by atoms with van der Waals surface area (Å²) in [6.07, 6.45) is 0. The molecule has 0 aromatic heterocycles. The Hall–Kier alpha value is -2.95. The van der Waals surface area contributed by atoms with Gasteiger partial charge in [0.2, 0.25) is 11.6 Å². The van der Waals surface area contributed by atoms with E-state index in [4.69, 9.17) is 9.84 Å². The number of methoxy groups -OCH3 is 1. The van der Waals surface area contributed by atoms with Crippen molar-refractivity contribution in [1.29, 1.82) is 0 Å². The molecule has 2 aromatic carbocycles. The molecule has 2 rings (SSSR count). The molecule has 1 N–H and O–H groups in total. The zero-order valence-corrected chi connectivity index (χ0v) is 11.2. The maximum atomic E-state index is 12.1. The summed E-state index contributed by atoms with van der Waals surface area (Å²) in [5.41, 5.74) is 0.237. The van der Waals surface area contributed by atoms with E-state index in [1.54, 1.807) is 12.1 Å². The van der Waals surface area contributed by atoms with Crippen LogP contribution >= 0.6 is 0 Å². The van der Waals surface area contributed by atoms with Gasteiger partial charge in [0.15, 0.2) is 0 Å². The van der Waals surface area contributed by atoms with Crippen molar-refractivity contribution in [2.45, 2.75) is 0 Å². The van der Waals surface area contributed by atoms with Gasteiger partial charge in [0.05, 0.1) is 12.7 Å². The summed E-state index contributed by atoms with van der Waals surface area (Å²) in [7, 11) is 1.50. The second-order valence-corrected chi connectivity index (χ2v) is 4.27. The van der Waals surface area contributed by atoms with Crippen molar-refractivity contribution in [2.75, 3.05) is 7.11 Å². The van der Waals surface area contributed by atoms with Gasteiger partial charge in [-0.25, -0.2) is 4.79 Å². The van der Waals surface area contributed by atoms with E-state index in [0.717, 1.165) is 0 Å². The molecular formula is C16H12O5. The number of carboxylic acid groups (broad SMARTS) is 1. The van der Waals surface area contributed by atoms with Crippen LogP contribution in [0.2, 0.25) is 0 Å². The molecule has 0 aliphatic carbocycles. The molecule has 106 valence electrons. The van der Waals surface area contributed by atoms with Crippen LogP contribution in [0.25, 0.3) is 0 Å². The number of benzene rings is 2. The number of Topliss-reactive ketones (excluding diaryl/α,β-unsaturated/α-hetero) is 2. The lowest BCUT2D eigenvalue weighted by atomic mass is 10.00. The van der Waals surface area contributed by atoms with Crippen LogP contribution in [0, 0.1) is 0 Å². The molecule has 0 atom stereocenters. The van der Waals surface area contributed by atoms with E-state index in [2.05, 4.69) is 0 Å². The van der Waals surface area contributed by atoms with Gasteiger partial charge in [-0.05, 0) is 36.4 Å². The van der Waals surface area contributed by atoms with E-state index in [1.807, 2.05) is 0 Å². The lowest BCUT2D eigenvalue weighted by Crippen LogP contribution is -2.15. The number of carbonyl (C=O) groups excluding carboxylic acids is 2. The summed E-state index contributed by atoms with van der Waals surface area (Å²) in [6.45, 7) is 0. The maximum Gasteiger partial charge on any atom is 0.335 e. The number of ketones is 2. The summed E-state index contributed by atoms with van der Waals surface area (Å²) >= 11 is 0. The molecule has 0 aliphatic heterocycles. The van der Waals surface area contributed by atoms with E-state index in [1.165, 1.54) is 43.5 Å². The van der Waals surface area contributed by atoms with Crippen molar-refractivity contribution < 1.29 is 24.2 Å². The van der Waals surface area contributed by atoms with Gasteiger partial charge in [-0.3, -0.25) is 9.59 Å². The Bertz CT molecular complexity index is 701. The minimum absolute atomic E-state index is 0.0385. The summed E-state index contributed by atoms with van der Waals surface area (Å²) in [4.78, 5) is 35.1. The van der Waals surface area contributed by atoms with Crippen LogP contribution in [0.3, 0.4) is 0 Å². The first-order valence-electron chi connectivity index (χ1n) is 6.09. The summed E-state index contributed by atoms with van der Waals surface area (Å²) in [5, 5.41) is 8.89. The molecular weight excluding hydrogens is 272 g/mol. The lowest BCUT2D eigenvalue weighted by Gasteiger charge is -2.03. The van der Waals surface area contributed by atoms with Gasteiger partial charge >= 0.3 is 5.97 Å². The fourth-order valence-electron chi connectivity index (χ4n) is 1.80. The van der Waals surface area contributed by atoms with E-state index in [-0.39, 0.29) is 16.7 Å². The second kappa shape index (κ2) is 6.00. The first-order valence-corrected chi connectivity index (χ1v) is 6.09. The Balaban J connectivity index is 2.28. The highest BCUT2D eigenvalue weighted by molar-refractivity contribution is 6.49. The van der Waals surface area contributed by atoms with Crippen LogP contribution in [0.1, 0.15) is 31.1 Å². The van der Waals surface area contributed by atoms with E-state index < -0.39 is 17.5 Å². The zero-order chi connectivity index (χ0) is 15.4. The molecule has 0 bridgehead atoms. The Morgan fingerprint density at radius 3 is 2.00 bits per heavy atom. The molecule has 5 nitrogen and oxygen atoms in total. The minimum atomic E-state index is -1.15. The largest absolute Gasteiger partial charge is 0.497 e. The topological polar surface area (TPSA) is 80.7 Å². The van der Waals surface area contributed by atoms with E-state index in [0.29, 0.717) is 5.75 Å². The molecule has 0 spiro atoms. The second-order valence-electron chi connectivity index (χ2n) is 4.27. The number of carbonyl (C=O) groups is 3. The fraction of sp³-hybridized carbons (Fsp3) is 0.0625. The molecule has 21 heavy (non-hydrogen) atoms. The normalized spacial score (nSPS) is 9.95. The fourth-order valence-corrected chi connectivity index (χ4v) is 1.80. The van der Waals surface area contributed by atoms with Crippen LogP contribution in [-0.2, 0) is 0 Å². The standard InChI is InChI=1S/C16H12O5/c1-21-13-7-5-10(6-8-13)14(17)15(18)11-3-2-4-12(9-11)16(19)20/h2-9H,1H3,(H,19,20). The molecule has 0 saturated carbocycles. The van der Waals surface area contributed by atoms with Crippen molar-refractivity contribution in [3.05, 3.63) is 65.2 Å². The average molecular weight is 284 g/mol. The zero-order valence-electron chi connectivity index (χ0n) is 11.2. The van der Waals surface area contributed by atoms with Crippen molar-refractivity contribution >= 4 is 17.5 Å². The molecule has 0 heterocycles. The molecule has 0 unspecified atom stereocenters. The van der Waals surface area contributed by atoms with Gasteiger partial charge < -0.3 is 9.84 Å². The van der Waals surface area contributed by atoms with Crippen molar-refractivity contribution in [3.63, 3.8) is 0 Å². The van der Waals surface area contributed by atoms with Gasteiger partial charge in [0.25, 0.3) is 0 Å². The quantitative estimate of drug-likeness (QED) is 0.673. The number of carboxylic acids is 1. The van der Waals surface area contributed by atoms with Crippen molar-refractivity contribution in [1.82, 2.24) is 0 Å². The monoisotopic (exact) mass is 284 g/mol. The van der Waals surface area contributed by atoms with Gasteiger partial charge in [-0.1, -0.05) is 12.1 Å².